The van der Waals surface area contributed by atoms with Gasteiger partial charge in [-0.25, -0.2) is 4.79 Å². The van der Waals surface area contributed by atoms with E-state index in [0.717, 1.165) is 47.7 Å². The predicted octanol–water partition coefficient (Wildman–Crippen LogP) is 5.01. The monoisotopic (exact) mass is 427 g/mol. The van der Waals surface area contributed by atoms with Crippen LogP contribution in [0.3, 0.4) is 0 Å². The number of likely N-dealkylation sites (N-methyl/N-ethyl adjacent to an activating group) is 1. The van der Waals surface area contributed by atoms with Crippen molar-refractivity contribution < 1.29 is 14.5 Å². The normalized spacial score (nSPS) is 17.7. The van der Waals surface area contributed by atoms with Crippen molar-refractivity contribution in [2.75, 3.05) is 13.6 Å². The number of aliphatic imine (C=N–C) groups is 1. The minimum atomic E-state index is -0.980. The van der Waals surface area contributed by atoms with Crippen LogP contribution in [0.15, 0.2) is 83.0 Å². The van der Waals surface area contributed by atoms with E-state index in [1.165, 1.54) is 0 Å². The Morgan fingerprint density at radius 1 is 0.969 bits per heavy atom. The quantitative estimate of drug-likeness (QED) is 0.514. The molecule has 1 atom stereocenters. The van der Waals surface area contributed by atoms with Crippen molar-refractivity contribution >= 4 is 17.6 Å². The molecule has 32 heavy (non-hydrogen) atoms. The van der Waals surface area contributed by atoms with Crippen molar-refractivity contribution in [3.05, 3.63) is 89.6 Å². The van der Waals surface area contributed by atoms with Crippen LogP contribution >= 0.6 is 0 Å². The highest BCUT2D eigenvalue weighted by Crippen LogP contribution is 2.25. The van der Waals surface area contributed by atoms with Crippen molar-refractivity contribution in [3.63, 3.8) is 0 Å². The SMILES string of the molecule is CCCC[N+]1(C)N=C(c2ccccc2)N=C1Cc1ccc(-c2ncccc2C(=O)O)cc1. The van der Waals surface area contributed by atoms with E-state index < -0.39 is 5.97 Å². The molecule has 4 rings (SSSR count). The van der Waals surface area contributed by atoms with Gasteiger partial charge in [-0.1, -0.05) is 73.0 Å². The number of pyridine rings is 1. The summed E-state index contributed by atoms with van der Waals surface area (Å²) in [6, 6.07) is 21.2. The molecule has 0 amide bonds. The second-order valence-corrected chi connectivity index (χ2v) is 8.11. The minimum Gasteiger partial charge on any atom is -0.478 e. The van der Waals surface area contributed by atoms with Gasteiger partial charge in [-0.15, -0.1) is 0 Å². The molecule has 0 spiro atoms. The average Bonchev–Trinajstić information content (AvgIpc) is 3.15. The van der Waals surface area contributed by atoms with Gasteiger partial charge >= 0.3 is 5.97 Å². The van der Waals surface area contributed by atoms with Gasteiger partial charge in [0.1, 0.15) is 6.54 Å². The zero-order chi connectivity index (χ0) is 22.6. The van der Waals surface area contributed by atoms with Crippen LogP contribution in [0.4, 0.5) is 0 Å². The maximum absolute atomic E-state index is 11.5. The molecule has 1 N–H and O–H groups in total. The lowest BCUT2D eigenvalue weighted by atomic mass is 10.0. The third-order valence-corrected chi connectivity index (χ3v) is 5.71. The molecule has 0 saturated heterocycles. The maximum Gasteiger partial charge on any atom is 0.337 e. The lowest BCUT2D eigenvalue weighted by Gasteiger charge is -2.24. The summed E-state index contributed by atoms with van der Waals surface area (Å²) in [6.07, 6.45) is 4.45. The van der Waals surface area contributed by atoms with E-state index in [-0.39, 0.29) is 5.56 Å². The standard InChI is InChI=1S/C26H26N4O2/c1-3-4-17-30(2)23(28-25(29-30)21-9-6-5-7-10-21)18-19-12-14-20(15-13-19)24-22(26(31)32)11-8-16-27-24/h5-16H,3-4,17-18H2,1-2H3/p+1. The first-order valence-electron chi connectivity index (χ1n) is 10.9. The number of hydrogen-bond donors (Lipinski definition) is 1. The van der Waals surface area contributed by atoms with E-state index in [1.54, 1.807) is 18.3 Å². The first-order chi connectivity index (χ1) is 15.5. The topological polar surface area (TPSA) is 74.9 Å². The van der Waals surface area contributed by atoms with Crippen LogP contribution in [0.2, 0.25) is 0 Å². The predicted molar refractivity (Wildman–Crippen MR) is 127 cm³/mol. The van der Waals surface area contributed by atoms with E-state index in [0.29, 0.717) is 16.7 Å². The van der Waals surface area contributed by atoms with Crippen molar-refractivity contribution in [1.29, 1.82) is 0 Å². The summed E-state index contributed by atoms with van der Waals surface area (Å²) < 4.78 is 0.462. The summed E-state index contributed by atoms with van der Waals surface area (Å²) in [4.78, 5) is 20.7. The van der Waals surface area contributed by atoms with Crippen molar-refractivity contribution in [1.82, 2.24) is 4.98 Å². The third-order valence-electron chi connectivity index (χ3n) is 5.71. The third kappa shape index (κ3) is 4.50. The van der Waals surface area contributed by atoms with Gasteiger partial charge in [0.15, 0.2) is 0 Å². The van der Waals surface area contributed by atoms with Gasteiger partial charge in [0.2, 0.25) is 11.7 Å². The molecule has 1 aromatic heterocycles. The minimum absolute atomic E-state index is 0.199. The van der Waals surface area contributed by atoms with E-state index in [4.69, 9.17) is 10.1 Å². The number of benzene rings is 2. The van der Waals surface area contributed by atoms with Crippen molar-refractivity contribution in [2.45, 2.75) is 26.2 Å². The van der Waals surface area contributed by atoms with Crippen LogP contribution in [-0.4, -0.2) is 45.9 Å². The molecule has 0 saturated carbocycles. The molecule has 1 aliphatic rings. The summed E-state index contributed by atoms with van der Waals surface area (Å²) in [5.41, 5.74) is 3.58. The summed E-state index contributed by atoms with van der Waals surface area (Å²) in [6.45, 7) is 3.09. The van der Waals surface area contributed by atoms with Crippen LogP contribution in [0.1, 0.15) is 41.3 Å². The summed E-state index contributed by atoms with van der Waals surface area (Å²) >= 11 is 0. The summed E-state index contributed by atoms with van der Waals surface area (Å²) in [5, 5.41) is 14.4. The van der Waals surface area contributed by atoms with Gasteiger partial charge in [0.05, 0.1) is 24.7 Å². The molecule has 0 fully saturated rings. The Hall–Kier alpha value is -3.64. The van der Waals surface area contributed by atoms with E-state index >= 15 is 0 Å². The molecule has 3 aromatic rings. The van der Waals surface area contributed by atoms with Gasteiger partial charge in [-0.05, 0) is 24.1 Å². The summed E-state index contributed by atoms with van der Waals surface area (Å²) in [5.74, 6) is 0.802. The number of aromatic carboxylic acids is 1. The van der Waals surface area contributed by atoms with Crippen molar-refractivity contribution in [3.8, 4) is 11.3 Å². The van der Waals surface area contributed by atoms with E-state index in [2.05, 4.69) is 19.0 Å². The number of quaternary nitrogens is 1. The number of hydrogen-bond acceptors (Lipinski definition) is 4. The van der Waals surface area contributed by atoms with Crippen LogP contribution in [0, 0.1) is 0 Å². The Labute approximate surface area is 188 Å². The Bertz CT molecular complexity index is 1170. The molecule has 162 valence electrons. The van der Waals surface area contributed by atoms with Crippen LogP contribution in [0.5, 0.6) is 0 Å². The van der Waals surface area contributed by atoms with E-state index in [9.17, 15) is 9.90 Å². The number of carboxylic acid groups (broad SMARTS) is 1. The highest BCUT2D eigenvalue weighted by atomic mass is 16.4. The van der Waals surface area contributed by atoms with Crippen molar-refractivity contribution in [2.24, 2.45) is 10.1 Å². The smallest absolute Gasteiger partial charge is 0.337 e. The molecule has 2 heterocycles. The first kappa shape index (κ1) is 21.6. The number of amidine groups is 2. The van der Waals surface area contributed by atoms with Gasteiger partial charge in [-0.2, -0.15) is 9.58 Å². The number of carbonyl (C=O) groups is 1. The number of aromatic nitrogens is 1. The van der Waals surface area contributed by atoms with Gasteiger partial charge in [0.25, 0.3) is 0 Å². The van der Waals surface area contributed by atoms with Crippen LogP contribution in [-0.2, 0) is 6.42 Å². The largest absolute Gasteiger partial charge is 0.478 e. The van der Waals surface area contributed by atoms with Gasteiger partial charge in [0, 0.05) is 17.3 Å². The number of carboxylic acids is 1. The Morgan fingerprint density at radius 2 is 1.72 bits per heavy atom. The summed E-state index contributed by atoms with van der Waals surface area (Å²) in [7, 11) is 2.12. The fraction of sp³-hybridized carbons (Fsp3) is 0.231. The lowest BCUT2D eigenvalue weighted by molar-refractivity contribution is -0.826. The van der Waals surface area contributed by atoms with Crippen LogP contribution in [0.25, 0.3) is 11.3 Å². The molecule has 6 heteroatoms. The molecule has 1 aliphatic heterocycles. The number of nitrogens with zero attached hydrogens (tertiary/aromatic N) is 4. The number of unbranched alkanes of at least 4 members (excludes halogenated alkanes) is 1. The lowest BCUT2D eigenvalue weighted by Crippen LogP contribution is -2.44. The highest BCUT2D eigenvalue weighted by Gasteiger charge is 2.36. The fourth-order valence-electron chi connectivity index (χ4n) is 3.85. The maximum atomic E-state index is 11.5. The zero-order valence-corrected chi connectivity index (χ0v) is 18.4. The number of rotatable bonds is 8. The van der Waals surface area contributed by atoms with Crippen LogP contribution < -0.4 is 0 Å². The fourth-order valence-corrected chi connectivity index (χ4v) is 3.85. The Kier molecular flexibility index (Phi) is 6.23. The van der Waals surface area contributed by atoms with Gasteiger partial charge < -0.3 is 5.11 Å². The molecule has 0 bridgehead atoms. The molecule has 6 nitrogen and oxygen atoms in total. The van der Waals surface area contributed by atoms with E-state index in [1.807, 2.05) is 54.6 Å². The molecule has 0 radical (unpaired) electrons. The molecular weight excluding hydrogens is 400 g/mol. The molecular formula is C26H27N4O2+. The molecule has 2 aromatic carbocycles. The highest BCUT2D eigenvalue weighted by molar-refractivity contribution is 6.07. The molecule has 0 aliphatic carbocycles. The Balaban J connectivity index is 1.60. The first-order valence-corrected chi connectivity index (χ1v) is 10.9. The molecule has 1 unspecified atom stereocenters. The second kappa shape index (κ2) is 9.24. The Morgan fingerprint density at radius 3 is 2.41 bits per heavy atom. The zero-order valence-electron chi connectivity index (χ0n) is 18.4. The van der Waals surface area contributed by atoms with Gasteiger partial charge in [-0.3, -0.25) is 4.98 Å². The average molecular weight is 428 g/mol. The second-order valence-electron chi connectivity index (χ2n) is 8.11.